The van der Waals surface area contributed by atoms with E-state index >= 15 is 0 Å². The smallest absolute Gasteiger partial charge is 0.225 e. The zero-order valence-electron chi connectivity index (χ0n) is 13.3. The SMILES string of the molecule is CCC(C)Nc1nc(C)cc(N2CCCCC2CC)n1. The van der Waals surface area contributed by atoms with E-state index in [0.717, 1.165) is 30.4 Å². The van der Waals surface area contributed by atoms with Gasteiger partial charge in [-0.25, -0.2) is 4.98 Å². The lowest BCUT2D eigenvalue weighted by atomic mass is 10.00. The summed E-state index contributed by atoms with van der Waals surface area (Å²) in [6.45, 7) is 9.79. The molecule has 2 rings (SSSR count). The fourth-order valence-electron chi connectivity index (χ4n) is 2.81. The van der Waals surface area contributed by atoms with Crippen LogP contribution in [0.25, 0.3) is 0 Å². The van der Waals surface area contributed by atoms with E-state index in [1.807, 2.05) is 0 Å². The highest BCUT2D eigenvalue weighted by atomic mass is 15.3. The van der Waals surface area contributed by atoms with Gasteiger partial charge in [-0.3, -0.25) is 0 Å². The van der Waals surface area contributed by atoms with E-state index in [0.29, 0.717) is 12.1 Å². The highest BCUT2D eigenvalue weighted by Gasteiger charge is 2.22. The van der Waals surface area contributed by atoms with Crippen molar-refractivity contribution in [2.24, 2.45) is 0 Å². The van der Waals surface area contributed by atoms with Crippen LogP contribution in [0.4, 0.5) is 11.8 Å². The summed E-state index contributed by atoms with van der Waals surface area (Å²) in [5.74, 6) is 1.87. The van der Waals surface area contributed by atoms with E-state index in [4.69, 9.17) is 4.98 Å². The average Bonchev–Trinajstić information content (AvgIpc) is 2.46. The average molecular weight is 276 g/mol. The molecule has 1 aromatic rings. The van der Waals surface area contributed by atoms with Gasteiger partial charge in [-0.2, -0.15) is 4.98 Å². The molecule has 2 atom stereocenters. The molecule has 0 spiro atoms. The molecule has 0 aliphatic carbocycles. The number of rotatable bonds is 5. The van der Waals surface area contributed by atoms with Gasteiger partial charge >= 0.3 is 0 Å². The summed E-state index contributed by atoms with van der Waals surface area (Å²) in [4.78, 5) is 11.7. The third kappa shape index (κ3) is 3.62. The number of piperidine rings is 1. The molecular formula is C16H28N4. The molecule has 0 radical (unpaired) electrons. The summed E-state index contributed by atoms with van der Waals surface area (Å²) in [6.07, 6.45) is 6.17. The zero-order chi connectivity index (χ0) is 14.5. The summed E-state index contributed by atoms with van der Waals surface area (Å²) in [5.41, 5.74) is 1.04. The molecule has 1 N–H and O–H groups in total. The second-order valence-electron chi connectivity index (χ2n) is 5.90. The maximum absolute atomic E-state index is 4.75. The monoisotopic (exact) mass is 276 g/mol. The Morgan fingerprint density at radius 2 is 2.15 bits per heavy atom. The predicted molar refractivity (Wildman–Crippen MR) is 85.4 cm³/mol. The van der Waals surface area contributed by atoms with E-state index in [-0.39, 0.29) is 0 Å². The Kier molecular flexibility index (Phi) is 5.21. The van der Waals surface area contributed by atoms with Gasteiger partial charge in [0.1, 0.15) is 5.82 Å². The maximum atomic E-state index is 4.75. The van der Waals surface area contributed by atoms with E-state index < -0.39 is 0 Å². The van der Waals surface area contributed by atoms with Gasteiger partial charge in [0.25, 0.3) is 0 Å². The van der Waals surface area contributed by atoms with Crippen LogP contribution in [-0.4, -0.2) is 28.6 Å². The van der Waals surface area contributed by atoms with Gasteiger partial charge in [0.15, 0.2) is 0 Å². The number of anilines is 2. The fourth-order valence-corrected chi connectivity index (χ4v) is 2.81. The molecular weight excluding hydrogens is 248 g/mol. The fraction of sp³-hybridized carbons (Fsp3) is 0.750. The van der Waals surface area contributed by atoms with Crippen molar-refractivity contribution in [2.75, 3.05) is 16.8 Å². The number of hydrogen-bond donors (Lipinski definition) is 1. The van der Waals surface area contributed by atoms with Gasteiger partial charge in [-0.05, 0) is 46.0 Å². The number of nitrogens with zero attached hydrogens (tertiary/aromatic N) is 3. The molecule has 2 heterocycles. The summed E-state index contributed by atoms with van der Waals surface area (Å²) < 4.78 is 0. The van der Waals surface area contributed by atoms with Crippen LogP contribution >= 0.6 is 0 Å². The quantitative estimate of drug-likeness (QED) is 0.889. The second kappa shape index (κ2) is 6.91. The Hall–Kier alpha value is -1.32. The minimum absolute atomic E-state index is 0.410. The molecule has 1 saturated heterocycles. The van der Waals surface area contributed by atoms with E-state index in [1.165, 1.54) is 25.7 Å². The molecule has 4 heteroatoms. The first-order valence-corrected chi connectivity index (χ1v) is 8.02. The van der Waals surface area contributed by atoms with Crippen molar-refractivity contribution in [3.8, 4) is 0 Å². The van der Waals surface area contributed by atoms with Gasteiger partial charge in [0.05, 0.1) is 0 Å². The van der Waals surface area contributed by atoms with Crippen LogP contribution in [0, 0.1) is 6.92 Å². The lowest BCUT2D eigenvalue weighted by Gasteiger charge is -2.36. The molecule has 1 aliphatic rings. The van der Waals surface area contributed by atoms with Crippen molar-refractivity contribution in [2.45, 2.75) is 71.9 Å². The normalized spacial score (nSPS) is 20.8. The molecule has 1 aromatic heterocycles. The van der Waals surface area contributed by atoms with Crippen LogP contribution in [0.1, 0.15) is 58.6 Å². The van der Waals surface area contributed by atoms with Crippen LogP contribution in [0.15, 0.2) is 6.07 Å². The van der Waals surface area contributed by atoms with Gasteiger partial charge < -0.3 is 10.2 Å². The minimum atomic E-state index is 0.410. The molecule has 0 saturated carbocycles. The van der Waals surface area contributed by atoms with Crippen molar-refractivity contribution in [3.63, 3.8) is 0 Å². The molecule has 0 bridgehead atoms. The Morgan fingerprint density at radius 1 is 1.35 bits per heavy atom. The Labute approximate surface area is 123 Å². The largest absolute Gasteiger partial charge is 0.353 e. The molecule has 0 aromatic carbocycles. The van der Waals surface area contributed by atoms with Crippen LogP contribution in [0.5, 0.6) is 0 Å². The van der Waals surface area contributed by atoms with Crippen LogP contribution in [0.3, 0.4) is 0 Å². The van der Waals surface area contributed by atoms with E-state index in [9.17, 15) is 0 Å². The minimum Gasteiger partial charge on any atom is -0.353 e. The standard InChI is InChI=1S/C16H28N4/c1-5-12(3)17-16-18-13(4)11-15(19-16)20-10-8-7-9-14(20)6-2/h11-12,14H,5-10H2,1-4H3,(H,17,18,19). The second-order valence-corrected chi connectivity index (χ2v) is 5.90. The number of nitrogens with one attached hydrogen (secondary N) is 1. The molecule has 0 amide bonds. The van der Waals surface area contributed by atoms with E-state index in [2.05, 4.69) is 49.0 Å². The summed E-state index contributed by atoms with van der Waals surface area (Å²) >= 11 is 0. The molecule has 4 nitrogen and oxygen atoms in total. The van der Waals surface area contributed by atoms with Crippen LogP contribution in [0.2, 0.25) is 0 Å². The third-order valence-electron chi connectivity index (χ3n) is 4.22. The third-order valence-corrected chi connectivity index (χ3v) is 4.22. The number of hydrogen-bond acceptors (Lipinski definition) is 4. The molecule has 20 heavy (non-hydrogen) atoms. The Bertz CT molecular complexity index is 432. The Morgan fingerprint density at radius 3 is 2.85 bits per heavy atom. The van der Waals surface area contributed by atoms with Gasteiger partial charge in [-0.1, -0.05) is 13.8 Å². The zero-order valence-corrected chi connectivity index (χ0v) is 13.3. The van der Waals surface area contributed by atoms with Gasteiger partial charge in [0, 0.05) is 30.4 Å². The topological polar surface area (TPSA) is 41.1 Å². The van der Waals surface area contributed by atoms with E-state index in [1.54, 1.807) is 0 Å². The van der Waals surface area contributed by atoms with Crippen molar-refractivity contribution in [3.05, 3.63) is 11.8 Å². The highest BCUT2D eigenvalue weighted by molar-refractivity contribution is 5.46. The summed E-state index contributed by atoms with van der Waals surface area (Å²) in [5, 5.41) is 3.40. The number of aryl methyl sites for hydroxylation is 1. The van der Waals surface area contributed by atoms with Gasteiger partial charge in [-0.15, -0.1) is 0 Å². The van der Waals surface area contributed by atoms with Crippen molar-refractivity contribution in [1.29, 1.82) is 0 Å². The Balaban J connectivity index is 2.21. The lowest BCUT2D eigenvalue weighted by Crippen LogP contribution is -2.39. The first-order chi connectivity index (χ1) is 9.63. The highest BCUT2D eigenvalue weighted by Crippen LogP contribution is 2.26. The van der Waals surface area contributed by atoms with Crippen molar-refractivity contribution >= 4 is 11.8 Å². The molecule has 1 aliphatic heterocycles. The van der Waals surface area contributed by atoms with Crippen molar-refractivity contribution < 1.29 is 0 Å². The molecule has 1 fully saturated rings. The van der Waals surface area contributed by atoms with Crippen molar-refractivity contribution in [1.82, 2.24) is 9.97 Å². The first kappa shape index (κ1) is 15.1. The summed E-state index contributed by atoms with van der Waals surface area (Å²) in [6, 6.07) is 3.16. The predicted octanol–water partition coefficient (Wildman–Crippen LogP) is 3.76. The van der Waals surface area contributed by atoms with Crippen LogP contribution in [-0.2, 0) is 0 Å². The number of aromatic nitrogens is 2. The maximum Gasteiger partial charge on any atom is 0.225 e. The molecule has 2 unspecified atom stereocenters. The summed E-state index contributed by atoms with van der Waals surface area (Å²) in [7, 11) is 0. The van der Waals surface area contributed by atoms with Crippen LogP contribution < -0.4 is 10.2 Å². The van der Waals surface area contributed by atoms with Gasteiger partial charge in [0.2, 0.25) is 5.95 Å². The lowest BCUT2D eigenvalue weighted by molar-refractivity contribution is 0.446. The first-order valence-electron chi connectivity index (χ1n) is 8.02. The molecule has 112 valence electrons.